The number of sulfonamides is 1. The van der Waals surface area contributed by atoms with Crippen LogP contribution >= 0.6 is 0 Å². The quantitative estimate of drug-likeness (QED) is 0.694. The molecule has 0 spiro atoms. The lowest BCUT2D eigenvalue weighted by Crippen LogP contribution is -2.34. The molecule has 1 fully saturated rings. The SMILES string of the molecule is CON(C)S(=O)(=O)c1ccc(C(=O)NC(c2ccccc2)C2CCCCC2)cc1. The lowest BCUT2D eigenvalue weighted by Gasteiger charge is -2.31. The number of carbonyl (C=O) groups is 1. The summed E-state index contributed by atoms with van der Waals surface area (Å²) in [6.07, 6.45) is 5.81. The molecule has 1 N–H and O–H groups in total. The van der Waals surface area contributed by atoms with Gasteiger partial charge in [-0.25, -0.2) is 8.42 Å². The third-order valence-corrected chi connectivity index (χ3v) is 7.27. The molecular weight excluding hydrogens is 388 g/mol. The van der Waals surface area contributed by atoms with Gasteiger partial charge < -0.3 is 5.32 Å². The maximum Gasteiger partial charge on any atom is 0.264 e. The largest absolute Gasteiger partial charge is 0.345 e. The number of benzene rings is 2. The molecule has 1 unspecified atom stereocenters. The van der Waals surface area contributed by atoms with Gasteiger partial charge in [0.15, 0.2) is 0 Å². The smallest absolute Gasteiger partial charge is 0.264 e. The van der Waals surface area contributed by atoms with E-state index in [-0.39, 0.29) is 16.8 Å². The average Bonchev–Trinajstić information content (AvgIpc) is 2.78. The minimum atomic E-state index is -3.74. The van der Waals surface area contributed by atoms with E-state index in [1.54, 1.807) is 0 Å². The zero-order chi connectivity index (χ0) is 20.9. The van der Waals surface area contributed by atoms with Gasteiger partial charge in [0.05, 0.1) is 18.0 Å². The van der Waals surface area contributed by atoms with Crippen LogP contribution in [0.4, 0.5) is 0 Å². The average molecular weight is 417 g/mol. The van der Waals surface area contributed by atoms with Gasteiger partial charge in [0.1, 0.15) is 0 Å². The van der Waals surface area contributed by atoms with Gasteiger partial charge in [-0.05, 0) is 48.6 Å². The number of amides is 1. The molecular formula is C22H28N2O4S. The van der Waals surface area contributed by atoms with E-state index < -0.39 is 10.0 Å². The first kappa shape index (κ1) is 21.5. The number of nitrogens with zero attached hydrogens (tertiary/aromatic N) is 1. The first-order chi connectivity index (χ1) is 13.9. The van der Waals surface area contributed by atoms with E-state index in [9.17, 15) is 13.2 Å². The molecule has 0 bridgehead atoms. The van der Waals surface area contributed by atoms with Gasteiger partial charge in [0, 0.05) is 12.6 Å². The van der Waals surface area contributed by atoms with E-state index >= 15 is 0 Å². The second-order valence-corrected chi connectivity index (χ2v) is 9.32. The summed E-state index contributed by atoms with van der Waals surface area (Å²) < 4.78 is 25.4. The number of hydroxylamine groups is 1. The van der Waals surface area contributed by atoms with Gasteiger partial charge >= 0.3 is 0 Å². The standard InChI is InChI=1S/C22H28N2O4S/c1-24(28-2)29(26,27)20-15-13-19(14-16-20)22(25)23-21(17-9-5-3-6-10-17)18-11-7-4-8-12-18/h3,5-6,9-10,13-16,18,21H,4,7-8,11-12H2,1-2H3,(H,23,25). The molecule has 1 aliphatic carbocycles. The minimum absolute atomic E-state index is 0.0490. The van der Waals surface area contributed by atoms with Gasteiger partial charge in [-0.1, -0.05) is 54.1 Å². The number of hydrogen-bond donors (Lipinski definition) is 1. The summed E-state index contributed by atoms with van der Waals surface area (Å²) in [7, 11) is -1.13. The Kier molecular flexibility index (Phi) is 7.05. The van der Waals surface area contributed by atoms with Crippen molar-refractivity contribution in [2.75, 3.05) is 14.2 Å². The summed E-state index contributed by atoms with van der Waals surface area (Å²) in [6.45, 7) is 0. The molecule has 2 aromatic rings. The number of carbonyl (C=O) groups excluding carboxylic acids is 1. The Labute approximate surface area is 172 Å². The summed E-state index contributed by atoms with van der Waals surface area (Å²) in [6, 6.07) is 15.9. The Balaban J connectivity index is 1.79. The second-order valence-electron chi connectivity index (χ2n) is 7.38. The second kappa shape index (κ2) is 9.52. The number of hydrogen-bond acceptors (Lipinski definition) is 4. The molecule has 156 valence electrons. The van der Waals surface area contributed by atoms with Crippen LogP contribution in [0.15, 0.2) is 59.5 Å². The molecule has 0 radical (unpaired) electrons. The van der Waals surface area contributed by atoms with E-state index in [2.05, 4.69) is 17.4 Å². The maximum absolute atomic E-state index is 12.9. The minimum Gasteiger partial charge on any atom is -0.345 e. The van der Waals surface area contributed by atoms with Crippen molar-refractivity contribution in [2.24, 2.45) is 5.92 Å². The fourth-order valence-electron chi connectivity index (χ4n) is 3.85. The Morgan fingerprint density at radius 1 is 1.03 bits per heavy atom. The van der Waals surface area contributed by atoms with E-state index in [1.165, 1.54) is 57.7 Å². The van der Waals surface area contributed by atoms with Crippen molar-refractivity contribution >= 4 is 15.9 Å². The highest BCUT2D eigenvalue weighted by Gasteiger charge is 2.27. The molecule has 2 aromatic carbocycles. The predicted molar refractivity (Wildman–Crippen MR) is 112 cm³/mol. The highest BCUT2D eigenvalue weighted by Crippen LogP contribution is 2.34. The number of rotatable bonds is 7. The molecule has 1 amide bonds. The van der Waals surface area contributed by atoms with Gasteiger partial charge in [-0.15, -0.1) is 0 Å². The van der Waals surface area contributed by atoms with Crippen molar-refractivity contribution in [1.82, 2.24) is 9.79 Å². The highest BCUT2D eigenvalue weighted by molar-refractivity contribution is 7.89. The van der Waals surface area contributed by atoms with Crippen molar-refractivity contribution in [3.8, 4) is 0 Å². The van der Waals surface area contributed by atoms with E-state index in [1.807, 2.05) is 18.2 Å². The van der Waals surface area contributed by atoms with Crippen LogP contribution in [0.3, 0.4) is 0 Å². The van der Waals surface area contributed by atoms with Crippen LogP contribution in [0.2, 0.25) is 0 Å². The fourth-order valence-corrected chi connectivity index (χ4v) is 4.82. The zero-order valence-electron chi connectivity index (χ0n) is 16.9. The zero-order valence-corrected chi connectivity index (χ0v) is 17.7. The molecule has 3 rings (SSSR count). The summed E-state index contributed by atoms with van der Waals surface area (Å²) in [5, 5.41) is 3.19. The van der Waals surface area contributed by atoms with Crippen LogP contribution in [-0.4, -0.2) is 33.0 Å². The van der Waals surface area contributed by atoms with Crippen LogP contribution in [0, 0.1) is 5.92 Å². The molecule has 0 saturated heterocycles. The topological polar surface area (TPSA) is 75.7 Å². The molecule has 0 aromatic heterocycles. The van der Waals surface area contributed by atoms with E-state index in [0.29, 0.717) is 11.5 Å². The van der Waals surface area contributed by atoms with Crippen molar-refractivity contribution in [1.29, 1.82) is 0 Å². The van der Waals surface area contributed by atoms with Gasteiger partial charge in [-0.3, -0.25) is 9.63 Å². The lowest BCUT2D eigenvalue weighted by atomic mass is 9.81. The summed E-state index contributed by atoms with van der Waals surface area (Å²) >= 11 is 0. The normalized spacial score (nSPS) is 16.5. The van der Waals surface area contributed by atoms with E-state index in [4.69, 9.17) is 4.84 Å². The molecule has 1 saturated carbocycles. The van der Waals surface area contributed by atoms with Gasteiger partial charge in [-0.2, -0.15) is 0 Å². The first-order valence-electron chi connectivity index (χ1n) is 9.92. The molecule has 1 aliphatic rings. The summed E-state index contributed by atoms with van der Waals surface area (Å²) in [5.74, 6) is 0.207. The maximum atomic E-state index is 12.9. The summed E-state index contributed by atoms with van der Waals surface area (Å²) in [4.78, 5) is 17.8. The van der Waals surface area contributed by atoms with Gasteiger partial charge in [0.25, 0.3) is 15.9 Å². The van der Waals surface area contributed by atoms with Crippen LogP contribution in [0.1, 0.15) is 54.1 Å². The van der Waals surface area contributed by atoms with Crippen molar-refractivity contribution in [2.45, 2.75) is 43.0 Å². The Hall–Kier alpha value is -2.22. The molecule has 0 aliphatic heterocycles. The van der Waals surface area contributed by atoms with Crippen LogP contribution in [-0.2, 0) is 14.9 Å². The Morgan fingerprint density at radius 2 is 1.66 bits per heavy atom. The van der Waals surface area contributed by atoms with Crippen LogP contribution < -0.4 is 5.32 Å². The molecule has 6 nitrogen and oxygen atoms in total. The molecule has 0 heterocycles. The predicted octanol–water partition coefficient (Wildman–Crippen LogP) is 3.92. The monoisotopic (exact) mass is 416 g/mol. The van der Waals surface area contributed by atoms with Gasteiger partial charge in [0.2, 0.25) is 0 Å². The van der Waals surface area contributed by atoms with Crippen LogP contribution in [0.25, 0.3) is 0 Å². The lowest BCUT2D eigenvalue weighted by molar-refractivity contribution is -0.0258. The van der Waals surface area contributed by atoms with Crippen molar-refractivity contribution in [3.05, 3.63) is 65.7 Å². The third kappa shape index (κ3) is 5.04. The Morgan fingerprint density at radius 3 is 2.24 bits per heavy atom. The van der Waals surface area contributed by atoms with Crippen LogP contribution in [0.5, 0.6) is 0 Å². The third-order valence-electron chi connectivity index (χ3n) is 5.58. The first-order valence-corrected chi connectivity index (χ1v) is 11.4. The Bertz CT molecular complexity index is 908. The summed E-state index contributed by atoms with van der Waals surface area (Å²) in [5.41, 5.74) is 1.54. The fraction of sp³-hybridized carbons (Fsp3) is 0.409. The van der Waals surface area contributed by atoms with Crippen molar-refractivity contribution in [3.63, 3.8) is 0 Å². The highest BCUT2D eigenvalue weighted by atomic mass is 32.2. The number of nitrogens with one attached hydrogen (secondary N) is 1. The van der Waals surface area contributed by atoms with E-state index in [0.717, 1.165) is 22.9 Å². The molecule has 29 heavy (non-hydrogen) atoms. The van der Waals surface area contributed by atoms with Crippen molar-refractivity contribution < 1.29 is 18.0 Å². The molecule has 7 heteroatoms. The molecule has 1 atom stereocenters.